The van der Waals surface area contributed by atoms with Crippen molar-refractivity contribution in [3.05, 3.63) is 24.0 Å². The first-order chi connectivity index (χ1) is 9.69. The fourth-order valence-corrected chi connectivity index (χ4v) is 2.75. The quantitative estimate of drug-likeness (QED) is 0.721. The Balaban J connectivity index is 3.03. The molecule has 0 aliphatic carbocycles. The second kappa shape index (κ2) is 6.64. The van der Waals surface area contributed by atoms with Crippen LogP contribution in [0.1, 0.15) is 24.3 Å². The molecular weight excluding hydrogens is 300 g/mol. The van der Waals surface area contributed by atoms with Crippen molar-refractivity contribution in [3.63, 3.8) is 0 Å². The van der Waals surface area contributed by atoms with Crippen LogP contribution in [-0.2, 0) is 19.6 Å². The summed E-state index contributed by atoms with van der Waals surface area (Å²) in [4.78, 5) is 25.7. The van der Waals surface area contributed by atoms with Gasteiger partial charge >= 0.3 is 11.9 Å². The van der Waals surface area contributed by atoms with Gasteiger partial charge < -0.3 is 9.84 Å². The minimum atomic E-state index is -4.04. The number of aliphatic carboxylic acids is 1. The van der Waals surface area contributed by atoms with Crippen LogP contribution in [-0.4, -0.2) is 43.6 Å². The molecule has 21 heavy (non-hydrogen) atoms. The van der Waals surface area contributed by atoms with Crippen molar-refractivity contribution in [1.82, 2.24) is 9.71 Å². The predicted octanol–water partition coefficient (Wildman–Crippen LogP) is 0.256. The lowest BCUT2D eigenvalue weighted by Gasteiger charge is -2.17. The third-order valence-electron chi connectivity index (χ3n) is 2.66. The van der Waals surface area contributed by atoms with Crippen LogP contribution in [0.3, 0.4) is 0 Å². The van der Waals surface area contributed by atoms with Gasteiger partial charge in [0.25, 0.3) is 0 Å². The molecule has 0 aliphatic heterocycles. The summed E-state index contributed by atoms with van der Waals surface area (Å²) in [5, 5.41) is 9.00. The van der Waals surface area contributed by atoms with Crippen molar-refractivity contribution in [2.75, 3.05) is 7.11 Å². The number of hydrogen-bond acceptors (Lipinski definition) is 6. The number of esters is 1. The number of pyridine rings is 1. The number of rotatable bonds is 6. The number of carbonyl (C=O) groups excluding carboxylic acids is 1. The maximum absolute atomic E-state index is 12.1. The van der Waals surface area contributed by atoms with E-state index >= 15 is 0 Å². The molecule has 1 aromatic heterocycles. The van der Waals surface area contributed by atoms with Crippen LogP contribution in [0.25, 0.3) is 0 Å². The van der Waals surface area contributed by atoms with Gasteiger partial charge in [-0.25, -0.2) is 18.2 Å². The fourth-order valence-electron chi connectivity index (χ4n) is 1.47. The molecule has 2 N–H and O–H groups in total. The molecular formula is C12H16N2O6S. The molecule has 0 radical (unpaired) electrons. The van der Waals surface area contributed by atoms with Crippen LogP contribution >= 0.6 is 0 Å². The Kier molecular flexibility index (Phi) is 5.39. The average molecular weight is 316 g/mol. The summed E-state index contributed by atoms with van der Waals surface area (Å²) < 4.78 is 30.7. The maximum Gasteiger partial charge on any atom is 0.356 e. The van der Waals surface area contributed by atoms with Gasteiger partial charge in [0.1, 0.15) is 16.6 Å². The van der Waals surface area contributed by atoms with E-state index < -0.39 is 33.9 Å². The summed E-state index contributed by atoms with van der Waals surface area (Å²) in [5.74, 6) is -2.40. The Bertz CT molecular complexity index is 624. The van der Waals surface area contributed by atoms with Crippen molar-refractivity contribution in [1.29, 1.82) is 0 Å². The zero-order valence-corrected chi connectivity index (χ0v) is 12.5. The summed E-state index contributed by atoms with van der Waals surface area (Å²) in [6.45, 7) is 3.17. The van der Waals surface area contributed by atoms with E-state index in [1.54, 1.807) is 13.8 Å². The number of nitrogens with one attached hydrogen (secondary N) is 1. The van der Waals surface area contributed by atoms with E-state index in [9.17, 15) is 18.0 Å². The first kappa shape index (κ1) is 17.1. The summed E-state index contributed by atoms with van der Waals surface area (Å²) >= 11 is 0. The van der Waals surface area contributed by atoms with Crippen molar-refractivity contribution in [3.8, 4) is 0 Å². The molecule has 1 unspecified atom stereocenters. The van der Waals surface area contributed by atoms with Crippen LogP contribution in [0.4, 0.5) is 0 Å². The summed E-state index contributed by atoms with van der Waals surface area (Å²) in [6, 6.07) is 1.09. The molecule has 0 saturated heterocycles. The number of sulfonamides is 1. The second-order valence-corrected chi connectivity index (χ2v) is 6.27. The number of carboxylic acids is 1. The Morgan fingerprint density at radius 2 is 1.95 bits per heavy atom. The van der Waals surface area contributed by atoms with Gasteiger partial charge in [0, 0.05) is 6.20 Å². The van der Waals surface area contributed by atoms with Crippen LogP contribution in [0, 0.1) is 5.92 Å². The van der Waals surface area contributed by atoms with Crippen LogP contribution in [0.2, 0.25) is 0 Å². The van der Waals surface area contributed by atoms with Crippen molar-refractivity contribution >= 4 is 22.0 Å². The van der Waals surface area contributed by atoms with Gasteiger partial charge in [-0.2, -0.15) is 4.72 Å². The molecule has 9 heteroatoms. The smallest absolute Gasteiger partial charge is 0.356 e. The van der Waals surface area contributed by atoms with Gasteiger partial charge in [-0.15, -0.1) is 0 Å². The standard InChI is InChI=1S/C12H16N2O6S/c1-7(2)10(11(15)16)14-21(18,19)8-4-5-9(13-6-8)12(17)20-3/h4-7,10,14H,1-3H3,(H,15,16). The molecule has 1 atom stereocenters. The first-order valence-corrected chi connectivity index (χ1v) is 7.47. The number of methoxy groups -OCH3 is 1. The molecule has 0 aromatic carbocycles. The highest BCUT2D eigenvalue weighted by Crippen LogP contribution is 2.12. The number of nitrogens with zero attached hydrogens (tertiary/aromatic N) is 1. The zero-order chi connectivity index (χ0) is 16.2. The number of carbonyl (C=O) groups is 2. The molecule has 1 heterocycles. The van der Waals surface area contributed by atoms with Crippen molar-refractivity contribution < 1.29 is 27.9 Å². The average Bonchev–Trinajstić information content (AvgIpc) is 2.43. The minimum absolute atomic E-state index is 0.0462. The van der Waals surface area contributed by atoms with E-state index in [1.807, 2.05) is 0 Å². The first-order valence-electron chi connectivity index (χ1n) is 5.98. The largest absolute Gasteiger partial charge is 0.480 e. The van der Waals surface area contributed by atoms with E-state index in [-0.39, 0.29) is 10.6 Å². The molecule has 0 aliphatic rings. The van der Waals surface area contributed by atoms with Gasteiger partial charge in [-0.3, -0.25) is 4.79 Å². The molecule has 8 nitrogen and oxygen atoms in total. The molecule has 0 saturated carbocycles. The Morgan fingerprint density at radius 1 is 1.33 bits per heavy atom. The second-order valence-electron chi connectivity index (χ2n) is 4.55. The van der Waals surface area contributed by atoms with E-state index in [0.717, 1.165) is 12.3 Å². The lowest BCUT2D eigenvalue weighted by atomic mass is 10.1. The minimum Gasteiger partial charge on any atom is -0.480 e. The highest BCUT2D eigenvalue weighted by atomic mass is 32.2. The molecule has 0 fully saturated rings. The topological polar surface area (TPSA) is 123 Å². The van der Waals surface area contributed by atoms with Crippen LogP contribution in [0.5, 0.6) is 0 Å². The predicted molar refractivity (Wildman–Crippen MR) is 72.2 cm³/mol. The fraction of sp³-hybridized carbons (Fsp3) is 0.417. The maximum atomic E-state index is 12.1. The lowest BCUT2D eigenvalue weighted by Crippen LogP contribution is -2.44. The van der Waals surface area contributed by atoms with Gasteiger partial charge in [-0.1, -0.05) is 13.8 Å². The third-order valence-corrected chi connectivity index (χ3v) is 4.08. The van der Waals surface area contributed by atoms with E-state index in [1.165, 1.54) is 13.2 Å². The zero-order valence-electron chi connectivity index (χ0n) is 11.7. The van der Waals surface area contributed by atoms with E-state index in [0.29, 0.717) is 0 Å². The monoisotopic (exact) mass is 316 g/mol. The molecule has 116 valence electrons. The molecule has 1 rings (SSSR count). The van der Waals surface area contributed by atoms with Crippen molar-refractivity contribution in [2.24, 2.45) is 5.92 Å². The van der Waals surface area contributed by atoms with Gasteiger partial charge in [0.05, 0.1) is 7.11 Å². The summed E-state index contributed by atoms with van der Waals surface area (Å²) in [5.41, 5.74) is -0.0462. The summed E-state index contributed by atoms with van der Waals surface area (Å²) in [6.07, 6.45) is 0.966. The Morgan fingerprint density at radius 3 is 2.33 bits per heavy atom. The normalized spacial score (nSPS) is 13.0. The van der Waals surface area contributed by atoms with Gasteiger partial charge in [-0.05, 0) is 18.1 Å². The van der Waals surface area contributed by atoms with Crippen molar-refractivity contribution in [2.45, 2.75) is 24.8 Å². The summed E-state index contributed by atoms with van der Waals surface area (Å²) in [7, 11) is -2.87. The number of carboxylic acid groups (broad SMARTS) is 1. The number of ether oxygens (including phenoxy) is 1. The van der Waals surface area contributed by atoms with Gasteiger partial charge in [0.2, 0.25) is 10.0 Å². The molecule has 0 amide bonds. The van der Waals surface area contributed by atoms with E-state index in [2.05, 4.69) is 14.4 Å². The number of aromatic nitrogens is 1. The van der Waals surface area contributed by atoms with Crippen LogP contribution in [0.15, 0.2) is 23.2 Å². The van der Waals surface area contributed by atoms with Gasteiger partial charge in [0.15, 0.2) is 0 Å². The van der Waals surface area contributed by atoms with E-state index in [4.69, 9.17) is 5.11 Å². The molecule has 1 aromatic rings. The van der Waals surface area contributed by atoms with Crippen LogP contribution < -0.4 is 4.72 Å². The molecule has 0 spiro atoms. The third kappa shape index (κ3) is 4.23. The highest BCUT2D eigenvalue weighted by molar-refractivity contribution is 7.89. The molecule has 0 bridgehead atoms. The highest BCUT2D eigenvalue weighted by Gasteiger charge is 2.28. The SMILES string of the molecule is COC(=O)c1ccc(S(=O)(=O)NC(C(=O)O)C(C)C)cn1. The number of hydrogen-bond donors (Lipinski definition) is 2. The Labute approximate surface area is 122 Å². The Hall–Kier alpha value is -2.00. The lowest BCUT2D eigenvalue weighted by molar-refractivity contribution is -0.140.